The maximum absolute atomic E-state index is 13.1. The van der Waals surface area contributed by atoms with Gasteiger partial charge in [-0.2, -0.15) is 0 Å². The summed E-state index contributed by atoms with van der Waals surface area (Å²) >= 11 is 13.8. The van der Waals surface area contributed by atoms with E-state index in [1.165, 1.54) is 9.78 Å². The van der Waals surface area contributed by atoms with Crippen LogP contribution < -0.4 is 10.1 Å². The molecule has 1 aromatic carbocycles. The van der Waals surface area contributed by atoms with Crippen LogP contribution in [0, 0.1) is 0 Å². The molecule has 1 spiro atoms. The monoisotopic (exact) mass is 410 g/mol. The number of hydrogen-bond donors (Lipinski definition) is 1. The second-order valence-corrected chi connectivity index (χ2v) is 8.12. The van der Waals surface area contributed by atoms with Gasteiger partial charge in [-0.25, -0.2) is 4.79 Å². The zero-order chi connectivity index (χ0) is 18.3. The first-order valence-corrected chi connectivity index (χ1v) is 9.94. The van der Waals surface area contributed by atoms with Gasteiger partial charge in [-0.3, -0.25) is 9.69 Å². The standard InChI is InChI=1S/C18H16Cl2N2O3S/c19-12-3-1-4-13(20)15(12)25-9-8-22-16(23)18(21-17(22)24)7-2-5-14-11(18)6-10-26-14/h1,3-4,6,10H,2,5,7-9H2,(H,21,24)/t18-/m0/s1. The third-order valence-electron chi connectivity index (χ3n) is 4.82. The Morgan fingerprint density at radius 2 is 2.00 bits per heavy atom. The number of carbonyl (C=O) groups is 2. The average Bonchev–Trinajstić information content (AvgIpc) is 3.17. The van der Waals surface area contributed by atoms with Gasteiger partial charge in [0.05, 0.1) is 16.6 Å². The fourth-order valence-electron chi connectivity index (χ4n) is 3.60. The zero-order valence-electron chi connectivity index (χ0n) is 13.8. The van der Waals surface area contributed by atoms with Gasteiger partial charge >= 0.3 is 6.03 Å². The quantitative estimate of drug-likeness (QED) is 0.767. The Labute approximate surface area is 164 Å². The summed E-state index contributed by atoms with van der Waals surface area (Å²) in [4.78, 5) is 27.9. The molecular weight excluding hydrogens is 395 g/mol. The van der Waals surface area contributed by atoms with Crippen LogP contribution in [0.15, 0.2) is 29.6 Å². The van der Waals surface area contributed by atoms with Crippen LogP contribution in [-0.2, 0) is 16.8 Å². The molecule has 5 nitrogen and oxygen atoms in total. The SMILES string of the molecule is O=C1N[C@]2(CCCc3sccc32)C(=O)N1CCOc1c(Cl)cccc1Cl. The molecule has 1 aliphatic carbocycles. The van der Waals surface area contributed by atoms with Crippen molar-refractivity contribution in [3.8, 4) is 5.75 Å². The first kappa shape index (κ1) is 17.6. The lowest BCUT2D eigenvalue weighted by Gasteiger charge is -2.31. The number of hydrogen-bond acceptors (Lipinski definition) is 4. The van der Waals surface area contributed by atoms with E-state index in [-0.39, 0.29) is 25.1 Å². The van der Waals surface area contributed by atoms with E-state index in [2.05, 4.69) is 5.32 Å². The average molecular weight is 411 g/mol. The Morgan fingerprint density at radius 3 is 2.77 bits per heavy atom. The molecule has 26 heavy (non-hydrogen) atoms. The van der Waals surface area contributed by atoms with Gasteiger partial charge in [0.1, 0.15) is 12.1 Å². The van der Waals surface area contributed by atoms with Crippen molar-refractivity contribution in [3.63, 3.8) is 0 Å². The van der Waals surface area contributed by atoms with E-state index < -0.39 is 5.54 Å². The molecule has 3 amide bonds. The van der Waals surface area contributed by atoms with Gasteiger partial charge in [-0.1, -0.05) is 29.3 Å². The van der Waals surface area contributed by atoms with Gasteiger partial charge in [-0.15, -0.1) is 11.3 Å². The second-order valence-electron chi connectivity index (χ2n) is 6.30. The number of ether oxygens (including phenoxy) is 1. The van der Waals surface area contributed by atoms with Crippen molar-refractivity contribution in [1.82, 2.24) is 10.2 Å². The summed E-state index contributed by atoms with van der Waals surface area (Å²) in [5, 5.41) is 5.67. The second kappa shape index (κ2) is 6.76. The van der Waals surface area contributed by atoms with Crippen LogP contribution in [0.2, 0.25) is 10.0 Å². The van der Waals surface area contributed by atoms with E-state index in [0.29, 0.717) is 22.2 Å². The molecular formula is C18H16Cl2N2O3S. The van der Waals surface area contributed by atoms with Crippen molar-refractivity contribution in [2.75, 3.05) is 13.2 Å². The topological polar surface area (TPSA) is 58.6 Å². The molecule has 1 aromatic heterocycles. The number of thiophene rings is 1. The van der Waals surface area contributed by atoms with Crippen molar-refractivity contribution in [2.24, 2.45) is 0 Å². The molecule has 4 rings (SSSR count). The van der Waals surface area contributed by atoms with Crippen molar-refractivity contribution < 1.29 is 14.3 Å². The summed E-state index contributed by atoms with van der Waals surface area (Å²) in [6.45, 7) is 0.253. The van der Waals surface area contributed by atoms with Crippen LogP contribution >= 0.6 is 34.5 Å². The smallest absolute Gasteiger partial charge is 0.325 e. The molecule has 0 radical (unpaired) electrons. The maximum atomic E-state index is 13.1. The van der Waals surface area contributed by atoms with Gasteiger partial charge < -0.3 is 10.1 Å². The van der Waals surface area contributed by atoms with Crippen LogP contribution in [0.4, 0.5) is 4.79 Å². The number of nitrogens with one attached hydrogen (secondary N) is 1. The molecule has 0 unspecified atom stereocenters. The van der Waals surface area contributed by atoms with Gasteiger partial charge in [-0.05, 0) is 42.8 Å². The molecule has 2 aromatic rings. The highest BCUT2D eigenvalue weighted by molar-refractivity contribution is 7.10. The Kier molecular flexibility index (Phi) is 4.59. The first-order valence-electron chi connectivity index (χ1n) is 8.31. The molecule has 1 atom stereocenters. The number of aryl methyl sites for hydroxylation is 1. The Morgan fingerprint density at radius 1 is 1.23 bits per heavy atom. The van der Waals surface area contributed by atoms with E-state index in [1.807, 2.05) is 11.4 Å². The lowest BCUT2D eigenvalue weighted by atomic mass is 9.80. The van der Waals surface area contributed by atoms with E-state index >= 15 is 0 Å². The first-order chi connectivity index (χ1) is 12.5. The number of para-hydroxylation sites is 1. The summed E-state index contributed by atoms with van der Waals surface area (Å²) < 4.78 is 5.62. The number of amides is 3. The lowest BCUT2D eigenvalue weighted by molar-refractivity contribution is -0.132. The molecule has 0 saturated carbocycles. The van der Waals surface area contributed by atoms with Crippen molar-refractivity contribution in [2.45, 2.75) is 24.8 Å². The van der Waals surface area contributed by atoms with E-state index in [9.17, 15) is 9.59 Å². The largest absolute Gasteiger partial charge is 0.489 e. The number of urea groups is 1. The van der Waals surface area contributed by atoms with E-state index in [0.717, 1.165) is 18.4 Å². The van der Waals surface area contributed by atoms with Crippen LogP contribution in [0.5, 0.6) is 5.75 Å². The molecule has 1 aliphatic heterocycles. The number of benzene rings is 1. The maximum Gasteiger partial charge on any atom is 0.325 e. The predicted molar refractivity (Wildman–Crippen MR) is 101 cm³/mol. The molecule has 1 fully saturated rings. The van der Waals surface area contributed by atoms with Crippen molar-refractivity contribution in [1.29, 1.82) is 0 Å². The summed E-state index contributed by atoms with van der Waals surface area (Å²) in [7, 11) is 0. The number of imide groups is 1. The number of carbonyl (C=O) groups excluding carboxylic acids is 2. The van der Waals surface area contributed by atoms with Crippen molar-refractivity contribution >= 4 is 46.5 Å². The fraction of sp³-hybridized carbons (Fsp3) is 0.333. The molecule has 1 N–H and O–H groups in total. The lowest BCUT2D eigenvalue weighted by Crippen LogP contribution is -2.46. The van der Waals surface area contributed by atoms with Gasteiger partial charge in [0.2, 0.25) is 0 Å². The number of nitrogens with zero attached hydrogens (tertiary/aromatic N) is 1. The summed E-state index contributed by atoms with van der Waals surface area (Å²) in [5.74, 6) is 0.145. The molecule has 136 valence electrons. The molecule has 8 heteroatoms. The summed E-state index contributed by atoms with van der Waals surface area (Å²) in [5.41, 5.74) is 0.0110. The van der Waals surface area contributed by atoms with Crippen LogP contribution in [-0.4, -0.2) is 30.0 Å². The molecule has 1 saturated heterocycles. The predicted octanol–water partition coefficient (Wildman–Crippen LogP) is 4.22. The van der Waals surface area contributed by atoms with Crippen LogP contribution in [0.3, 0.4) is 0 Å². The normalized spacial score (nSPS) is 21.8. The summed E-state index contributed by atoms with van der Waals surface area (Å²) in [6.07, 6.45) is 2.44. The van der Waals surface area contributed by atoms with Crippen LogP contribution in [0.25, 0.3) is 0 Å². The minimum Gasteiger partial charge on any atom is -0.489 e. The van der Waals surface area contributed by atoms with E-state index in [1.54, 1.807) is 29.5 Å². The third kappa shape index (κ3) is 2.76. The number of fused-ring (bicyclic) bond motifs is 2. The van der Waals surface area contributed by atoms with Gasteiger partial charge in [0.25, 0.3) is 5.91 Å². The van der Waals surface area contributed by atoms with Crippen LogP contribution in [0.1, 0.15) is 23.3 Å². The van der Waals surface area contributed by atoms with Crippen molar-refractivity contribution in [3.05, 3.63) is 50.1 Å². The number of rotatable bonds is 4. The zero-order valence-corrected chi connectivity index (χ0v) is 16.1. The Bertz CT molecular complexity index is 865. The summed E-state index contributed by atoms with van der Waals surface area (Å²) in [6, 6.07) is 6.63. The highest BCUT2D eigenvalue weighted by atomic mass is 35.5. The van der Waals surface area contributed by atoms with Gasteiger partial charge in [0.15, 0.2) is 5.75 Å². The highest BCUT2D eigenvalue weighted by Gasteiger charge is 2.54. The molecule has 0 bridgehead atoms. The Balaban J connectivity index is 1.49. The highest BCUT2D eigenvalue weighted by Crippen LogP contribution is 2.42. The molecule has 2 heterocycles. The number of halogens is 2. The third-order valence-corrected chi connectivity index (χ3v) is 6.39. The minimum absolute atomic E-state index is 0.120. The van der Waals surface area contributed by atoms with E-state index in [4.69, 9.17) is 27.9 Å². The molecule has 2 aliphatic rings. The van der Waals surface area contributed by atoms with Gasteiger partial charge in [0, 0.05) is 10.4 Å². The Hall–Kier alpha value is -1.76. The minimum atomic E-state index is -0.924. The fourth-order valence-corrected chi connectivity index (χ4v) is 5.11.